The van der Waals surface area contributed by atoms with E-state index in [-0.39, 0.29) is 5.75 Å². The highest BCUT2D eigenvalue weighted by Gasteiger charge is 2.09. The molecule has 0 bridgehead atoms. The molecule has 0 atom stereocenters. The van der Waals surface area contributed by atoms with Crippen molar-refractivity contribution in [1.82, 2.24) is 15.1 Å². The Balaban J connectivity index is 1.88. The number of nitrogens with zero attached hydrogens (tertiary/aromatic N) is 2. The summed E-state index contributed by atoms with van der Waals surface area (Å²) in [4.78, 5) is 0. The van der Waals surface area contributed by atoms with Gasteiger partial charge in [0, 0.05) is 36.1 Å². The molecule has 0 spiro atoms. The Labute approximate surface area is 120 Å². The summed E-state index contributed by atoms with van der Waals surface area (Å²) in [7, 11) is 0. The Hall–Kier alpha value is -1.66. The van der Waals surface area contributed by atoms with Crippen LogP contribution in [-0.4, -0.2) is 22.9 Å². The summed E-state index contributed by atoms with van der Waals surface area (Å²) < 4.78 is 30.8. The van der Waals surface area contributed by atoms with Gasteiger partial charge in [0.25, 0.3) is 0 Å². The molecule has 1 aromatic carbocycles. The van der Waals surface area contributed by atoms with Crippen molar-refractivity contribution in [3.05, 3.63) is 47.2 Å². The second-order valence-corrected chi connectivity index (χ2v) is 4.51. The molecule has 0 aliphatic carbocycles. The first-order valence-corrected chi connectivity index (χ1v) is 6.44. The minimum Gasteiger partial charge on any atom is -0.434 e. The van der Waals surface area contributed by atoms with Crippen LogP contribution in [0.15, 0.2) is 36.7 Å². The molecular weight excluding hydrogens is 288 g/mol. The highest BCUT2D eigenvalue weighted by atomic mass is 35.5. The number of rotatable bonds is 7. The van der Waals surface area contributed by atoms with Crippen molar-refractivity contribution >= 4 is 11.6 Å². The lowest BCUT2D eigenvalue weighted by Crippen LogP contribution is -2.20. The van der Waals surface area contributed by atoms with Crippen molar-refractivity contribution in [1.29, 1.82) is 0 Å². The Morgan fingerprint density at radius 2 is 2.25 bits per heavy atom. The molecule has 2 aromatic rings. The number of hydrogen-bond donors (Lipinski definition) is 1. The SMILES string of the molecule is FC(F)Oc1ccc(Cl)cc1CNCCn1cccn1. The first kappa shape index (κ1) is 14.7. The van der Waals surface area contributed by atoms with Gasteiger partial charge in [-0.25, -0.2) is 0 Å². The van der Waals surface area contributed by atoms with Gasteiger partial charge in [0.2, 0.25) is 0 Å². The zero-order valence-corrected chi connectivity index (χ0v) is 11.4. The molecule has 0 saturated heterocycles. The van der Waals surface area contributed by atoms with Crippen LogP contribution in [0.1, 0.15) is 5.56 Å². The van der Waals surface area contributed by atoms with Crippen molar-refractivity contribution in [2.75, 3.05) is 6.54 Å². The van der Waals surface area contributed by atoms with Crippen LogP contribution in [0.2, 0.25) is 5.02 Å². The smallest absolute Gasteiger partial charge is 0.387 e. The molecule has 1 N–H and O–H groups in total. The normalized spacial score (nSPS) is 11.0. The van der Waals surface area contributed by atoms with E-state index in [0.717, 1.165) is 0 Å². The lowest BCUT2D eigenvalue weighted by atomic mass is 10.2. The molecule has 4 nitrogen and oxygen atoms in total. The Morgan fingerprint density at radius 3 is 2.95 bits per heavy atom. The zero-order valence-electron chi connectivity index (χ0n) is 10.6. The van der Waals surface area contributed by atoms with E-state index >= 15 is 0 Å². The van der Waals surface area contributed by atoms with Gasteiger partial charge in [0.1, 0.15) is 5.75 Å². The highest BCUT2D eigenvalue weighted by Crippen LogP contribution is 2.24. The average Bonchev–Trinajstić information content (AvgIpc) is 2.90. The third kappa shape index (κ3) is 4.47. The van der Waals surface area contributed by atoms with Crippen molar-refractivity contribution in [2.24, 2.45) is 0 Å². The zero-order chi connectivity index (χ0) is 14.4. The van der Waals surface area contributed by atoms with Crippen LogP contribution >= 0.6 is 11.6 Å². The lowest BCUT2D eigenvalue weighted by Gasteiger charge is -2.12. The fraction of sp³-hybridized carbons (Fsp3) is 0.308. The molecule has 0 radical (unpaired) electrons. The highest BCUT2D eigenvalue weighted by molar-refractivity contribution is 6.30. The van der Waals surface area contributed by atoms with Crippen LogP contribution in [0.5, 0.6) is 5.75 Å². The van der Waals surface area contributed by atoms with E-state index in [0.29, 0.717) is 30.2 Å². The summed E-state index contributed by atoms with van der Waals surface area (Å²) >= 11 is 5.86. The van der Waals surface area contributed by atoms with Gasteiger partial charge in [-0.1, -0.05) is 11.6 Å². The molecule has 2 rings (SSSR count). The maximum atomic E-state index is 12.3. The molecular formula is C13H14ClF2N3O. The lowest BCUT2D eigenvalue weighted by molar-refractivity contribution is -0.0504. The predicted octanol–water partition coefficient (Wildman–Crippen LogP) is 2.93. The number of alkyl halides is 2. The van der Waals surface area contributed by atoms with E-state index in [9.17, 15) is 8.78 Å². The van der Waals surface area contributed by atoms with Gasteiger partial charge in [-0.15, -0.1) is 0 Å². The topological polar surface area (TPSA) is 39.1 Å². The third-order valence-corrected chi connectivity index (χ3v) is 2.87. The second-order valence-electron chi connectivity index (χ2n) is 4.08. The molecule has 0 amide bonds. The van der Waals surface area contributed by atoms with Gasteiger partial charge >= 0.3 is 6.61 Å². The summed E-state index contributed by atoms with van der Waals surface area (Å²) in [5.41, 5.74) is 0.596. The van der Waals surface area contributed by atoms with E-state index < -0.39 is 6.61 Å². The van der Waals surface area contributed by atoms with Gasteiger partial charge in [-0.3, -0.25) is 4.68 Å². The molecule has 1 aromatic heterocycles. The first-order chi connectivity index (χ1) is 9.65. The molecule has 1 heterocycles. The Bertz CT molecular complexity index is 534. The first-order valence-electron chi connectivity index (χ1n) is 6.06. The van der Waals surface area contributed by atoms with E-state index in [1.54, 1.807) is 16.9 Å². The number of aromatic nitrogens is 2. The summed E-state index contributed by atoms with van der Waals surface area (Å²) in [6.07, 6.45) is 3.55. The quantitative estimate of drug-likeness (QED) is 0.799. The van der Waals surface area contributed by atoms with E-state index in [4.69, 9.17) is 11.6 Å². The van der Waals surface area contributed by atoms with Crippen LogP contribution < -0.4 is 10.1 Å². The molecule has 0 fully saturated rings. The summed E-state index contributed by atoms with van der Waals surface area (Å²) in [5, 5.41) is 7.68. The van der Waals surface area contributed by atoms with Gasteiger partial charge in [-0.05, 0) is 24.3 Å². The largest absolute Gasteiger partial charge is 0.434 e. The van der Waals surface area contributed by atoms with Crippen molar-refractivity contribution < 1.29 is 13.5 Å². The summed E-state index contributed by atoms with van der Waals surface area (Å²) in [6.45, 7) is -1.11. The molecule has 0 saturated carbocycles. The van der Waals surface area contributed by atoms with Crippen molar-refractivity contribution in [2.45, 2.75) is 19.7 Å². The van der Waals surface area contributed by atoms with E-state index in [1.165, 1.54) is 12.1 Å². The number of ether oxygens (including phenoxy) is 1. The molecule has 0 aliphatic heterocycles. The Morgan fingerprint density at radius 1 is 1.40 bits per heavy atom. The van der Waals surface area contributed by atoms with Crippen molar-refractivity contribution in [3.8, 4) is 5.75 Å². The second kappa shape index (κ2) is 7.21. The number of benzene rings is 1. The molecule has 0 aliphatic rings. The third-order valence-electron chi connectivity index (χ3n) is 2.63. The fourth-order valence-corrected chi connectivity index (χ4v) is 1.94. The van der Waals surface area contributed by atoms with Crippen LogP contribution in [0, 0.1) is 0 Å². The van der Waals surface area contributed by atoms with Crippen molar-refractivity contribution in [3.63, 3.8) is 0 Å². The number of hydrogen-bond acceptors (Lipinski definition) is 3. The van der Waals surface area contributed by atoms with Gasteiger partial charge in [-0.2, -0.15) is 13.9 Å². The molecule has 0 unspecified atom stereocenters. The summed E-state index contributed by atoms with van der Waals surface area (Å²) in [5.74, 6) is 0.135. The van der Waals surface area contributed by atoms with Crippen LogP contribution in [0.3, 0.4) is 0 Å². The molecule has 20 heavy (non-hydrogen) atoms. The fourth-order valence-electron chi connectivity index (χ4n) is 1.75. The minimum absolute atomic E-state index is 0.135. The number of halogens is 3. The van der Waals surface area contributed by atoms with Crippen LogP contribution in [0.4, 0.5) is 8.78 Å². The predicted molar refractivity (Wildman–Crippen MR) is 72.0 cm³/mol. The maximum absolute atomic E-state index is 12.3. The van der Waals surface area contributed by atoms with E-state index in [2.05, 4.69) is 15.2 Å². The minimum atomic E-state index is -2.85. The van der Waals surface area contributed by atoms with Crippen LogP contribution in [0.25, 0.3) is 0 Å². The Kier molecular flexibility index (Phi) is 5.31. The molecule has 7 heteroatoms. The van der Waals surface area contributed by atoms with Crippen LogP contribution in [-0.2, 0) is 13.1 Å². The summed E-state index contributed by atoms with van der Waals surface area (Å²) in [6, 6.07) is 6.41. The van der Waals surface area contributed by atoms with Gasteiger partial charge in [0.15, 0.2) is 0 Å². The standard InChI is InChI=1S/C13H14ClF2N3O/c14-11-2-3-12(20-13(15)16)10(8-11)9-17-5-7-19-6-1-4-18-19/h1-4,6,8,13,17H,5,7,9H2. The maximum Gasteiger partial charge on any atom is 0.387 e. The number of nitrogens with one attached hydrogen (secondary N) is 1. The average molecular weight is 302 g/mol. The van der Waals surface area contributed by atoms with Gasteiger partial charge in [0.05, 0.1) is 6.54 Å². The van der Waals surface area contributed by atoms with Gasteiger partial charge < -0.3 is 10.1 Å². The monoisotopic (exact) mass is 301 g/mol. The van der Waals surface area contributed by atoms with E-state index in [1.807, 2.05) is 12.3 Å². The molecule has 108 valence electrons.